The van der Waals surface area contributed by atoms with Gasteiger partial charge in [0.25, 0.3) is 0 Å². The van der Waals surface area contributed by atoms with E-state index in [9.17, 15) is 18.4 Å². The van der Waals surface area contributed by atoms with Crippen molar-refractivity contribution >= 4 is 29.4 Å². The lowest BCUT2D eigenvalue weighted by atomic mass is 9.99. The van der Waals surface area contributed by atoms with Crippen LogP contribution in [0, 0.1) is 31.3 Å². The van der Waals surface area contributed by atoms with Crippen molar-refractivity contribution in [2.45, 2.75) is 25.6 Å². The number of carbonyl (C=O) groups excluding carboxylic acids is 2. The second kappa shape index (κ2) is 12.6. The minimum atomic E-state index is -0.744. The van der Waals surface area contributed by atoms with Gasteiger partial charge in [-0.15, -0.1) is 11.8 Å². The predicted molar refractivity (Wildman–Crippen MR) is 170 cm³/mol. The zero-order valence-electron chi connectivity index (χ0n) is 24.6. The Morgan fingerprint density at radius 3 is 2.38 bits per heavy atom. The molecule has 0 aliphatic carbocycles. The average Bonchev–Trinajstić information content (AvgIpc) is 3.34. The monoisotopic (exact) mass is 626 g/mol. The van der Waals surface area contributed by atoms with Gasteiger partial charge in [-0.2, -0.15) is 5.10 Å². The van der Waals surface area contributed by atoms with Gasteiger partial charge in [0.1, 0.15) is 29.8 Å². The van der Waals surface area contributed by atoms with Crippen molar-refractivity contribution in [2.24, 2.45) is 0 Å². The molecule has 0 saturated carbocycles. The molecule has 0 bridgehead atoms. The summed E-state index contributed by atoms with van der Waals surface area (Å²) in [6, 6.07) is 24.4. The van der Waals surface area contributed by atoms with Crippen LogP contribution in [0.5, 0.6) is 0 Å². The van der Waals surface area contributed by atoms with Crippen molar-refractivity contribution in [2.75, 3.05) is 17.2 Å². The molecule has 1 aromatic heterocycles. The standard InChI is InChI=1S/C35H29F3N4O2S/c1-21-8-15-29(22(2)16-21)42-35-32(33(40-42)24-6-4-3-5-7-24)34(27-14-13-26(37)17-28(27)38)45-20-31(44)41(35)19-30(43)39-18-23-9-11-25(36)12-10-23/h3-17,34H,18-20H2,1-2H3,(H,39,43). The zero-order chi connectivity index (χ0) is 31.7. The van der Waals surface area contributed by atoms with Crippen molar-refractivity contribution in [3.05, 3.63) is 136 Å². The Hall–Kier alpha value is -4.83. The highest BCUT2D eigenvalue weighted by Crippen LogP contribution is 2.49. The maximum atomic E-state index is 15.5. The summed E-state index contributed by atoms with van der Waals surface area (Å²) in [5.41, 5.74) is 5.29. The maximum Gasteiger partial charge on any atom is 0.240 e. The number of fused-ring (bicyclic) bond motifs is 1. The molecule has 0 radical (unpaired) electrons. The average molecular weight is 627 g/mol. The van der Waals surface area contributed by atoms with Gasteiger partial charge in [0.05, 0.1) is 22.4 Å². The summed E-state index contributed by atoms with van der Waals surface area (Å²) in [7, 11) is 0. The van der Waals surface area contributed by atoms with E-state index in [0.29, 0.717) is 28.3 Å². The van der Waals surface area contributed by atoms with Crippen molar-refractivity contribution in [1.82, 2.24) is 15.1 Å². The Balaban J connectivity index is 1.53. The van der Waals surface area contributed by atoms with Crippen LogP contribution in [0.1, 0.15) is 33.1 Å². The number of aryl methyl sites for hydroxylation is 2. The van der Waals surface area contributed by atoms with E-state index in [0.717, 1.165) is 22.8 Å². The van der Waals surface area contributed by atoms with E-state index in [4.69, 9.17) is 5.10 Å². The highest BCUT2D eigenvalue weighted by Gasteiger charge is 2.38. The van der Waals surface area contributed by atoms with Crippen molar-refractivity contribution in [3.8, 4) is 16.9 Å². The van der Waals surface area contributed by atoms with Gasteiger partial charge in [-0.05, 0) is 49.2 Å². The minimum absolute atomic E-state index is 0.0669. The molecule has 4 aromatic carbocycles. The van der Waals surface area contributed by atoms with E-state index in [2.05, 4.69) is 5.32 Å². The SMILES string of the molecule is Cc1ccc(-n2nc(-c3ccccc3)c3c2N(CC(=O)NCc2ccc(F)cc2)C(=O)CSC3c2ccc(F)cc2F)c(C)c1. The van der Waals surface area contributed by atoms with Crippen LogP contribution in [-0.2, 0) is 16.1 Å². The first-order chi connectivity index (χ1) is 21.7. The fourth-order valence-electron chi connectivity index (χ4n) is 5.50. The number of nitrogens with zero attached hydrogens (tertiary/aromatic N) is 3. The number of carbonyl (C=O) groups is 2. The van der Waals surface area contributed by atoms with Crippen LogP contribution >= 0.6 is 11.8 Å². The molecule has 1 aliphatic heterocycles. The van der Waals surface area contributed by atoms with Crippen LogP contribution in [0.2, 0.25) is 0 Å². The molecule has 0 saturated heterocycles. The van der Waals surface area contributed by atoms with Gasteiger partial charge in [-0.1, -0.05) is 66.2 Å². The number of hydrogen-bond acceptors (Lipinski definition) is 4. The van der Waals surface area contributed by atoms with Crippen LogP contribution in [-0.4, -0.2) is 33.9 Å². The number of halogens is 3. The van der Waals surface area contributed by atoms with Gasteiger partial charge < -0.3 is 5.32 Å². The van der Waals surface area contributed by atoms with Gasteiger partial charge in [-0.3, -0.25) is 14.5 Å². The molecule has 2 heterocycles. The molecule has 2 amide bonds. The second-order valence-electron chi connectivity index (χ2n) is 10.9. The topological polar surface area (TPSA) is 67.2 Å². The van der Waals surface area contributed by atoms with Crippen molar-refractivity contribution < 1.29 is 22.8 Å². The molecule has 0 fully saturated rings. The first kappa shape index (κ1) is 30.2. The Bertz CT molecular complexity index is 1890. The third-order valence-electron chi connectivity index (χ3n) is 7.67. The second-order valence-corrected chi connectivity index (χ2v) is 12.0. The molecule has 1 aliphatic rings. The summed E-state index contributed by atoms with van der Waals surface area (Å²) in [5, 5.41) is 7.10. The van der Waals surface area contributed by atoms with Gasteiger partial charge in [0.2, 0.25) is 11.8 Å². The quantitative estimate of drug-likeness (QED) is 0.210. The molecule has 0 spiro atoms. The van der Waals surface area contributed by atoms with E-state index in [1.807, 2.05) is 62.4 Å². The van der Waals surface area contributed by atoms with Crippen LogP contribution in [0.15, 0.2) is 91.0 Å². The van der Waals surface area contributed by atoms with E-state index < -0.39 is 22.8 Å². The number of hydrogen-bond donors (Lipinski definition) is 1. The lowest BCUT2D eigenvalue weighted by molar-refractivity contribution is -0.123. The summed E-state index contributed by atoms with van der Waals surface area (Å²) >= 11 is 1.20. The molecule has 228 valence electrons. The molecular weight excluding hydrogens is 597 g/mol. The summed E-state index contributed by atoms with van der Waals surface area (Å²) in [5.74, 6) is -2.37. The van der Waals surface area contributed by atoms with E-state index in [-0.39, 0.29) is 36.1 Å². The maximum absolute atomic E-state index is 15.5. The number of amides is 2. The van der Waals surface area contributed by atoms with E-state index in [1.54, 1.807) is 16.8 Å². The molecule has 10 heteroatoms. The lowest BCUT2D eigenvalue weighted by Crippen LogP contribution is -2.42. The third kappa shape index (κ3) is 6.23. The highest BCUT2D eigenvalue weighted by molar-refractivity contribution is 8.00. The number of aromatic nitrogens is 2. The zero-order valence-corrected chi connectivity index (χ0v) is 25.4. The molecule has 1 N–H and O–H groups in total. The molecule has 6 nitrogen and oxygen atoms in total. The molecular formula is C35H29F3N4O2S. The lowest BCUT2D eigenvalue weighted by Gasteiger charge is -2.24. The van der Waals surface area contributed by atoms with Crippen LogP contribution in [0.3, 0.4) is 0 Å². The number of nitrogens with one attached hydrogen (secondary N) is 1. The summed E-state index contributed by atoms with van der Waals surface area (Å²) in [4.78, 5) is 28.7. The predicted octanol–water partition coefficient (Wildman–Crippen LogP) is 7.06. The third-order valence-corrected chi connectivity index (χ3v) is 8.90. The smallest absolute Gasteiger partial charge is 0.240 e. The number of thioether (sulfide) groups is 1. The van der Waals surface area contributed by atoms with Gasteiger partial charge in [-0.25, -0.2) is 17.9 Å². The van der Waals surface area contributed by atoms with Crippen LogP contribution in [0.25, 0.3) is 16.9 Å². The first-order valence-corrected chi connectivity index (χ1v) is 15.4. The Labute approximate surface area is 262 Å². The van der Waals surface area contributed by atoms with E-state index in [1.165, 1.54) is 40.9 Å². The van der Waals surface area contributed by atoms with Gasteiger partial charge >= 0.3 is 0 Å². The van der Waals surface area contributed by atoms with Crippen LogP contribution in [0.4, 0.5) is 19.0 Å². The highest BCUT2D eigenvalue weighted by atomic mass is 32.2. The fourth-order valence-corrected chi connectivity index (χ4v) is 6.72. The Morgan fingerprint density at radius 2 is 1.67 bits per heavy atom. The summed E-state index contributed by atoms with van der Waals surface area (Å²) in [6.45, 7) is 3.71. The van der Waals surface area contributed by atoms with Gasteiger partial charge in [0, 0.05) is 29.3 Å². The van der Waals surface area contributed by atoms with E-state index >= 15 is 4.39 Å². The minimum Gasteiger partial charge on any atom is -0.350 e. The number of anilines is 1. The van der Waals surface area contributed by atoms with Crippen molar-refractivity contribution in [1.29, 1.82) is 0 Å². The fraction of sp³-hybridized carbons (Fsp3) is 0.171. The number of rotatable bonds is 7. The van der Waals surface area contributed by atoms with Gasteiger partial charge in [0.15, 0.2) is 0 Å². The Kier molecular flexibility index (Phi) is 8.49. The molecule has 1 atom stereocenters. The molecule has 45 heavy (non-hydrogen) atoms. The number of benzene rings is 4. The molecule has 5 aromatic rings. The first-order valence-electron chi connectivity index (χ1n) is 14.3. The normalized spacial score (nSPS) is 14.6. The van der Waals surface area contributed by atoms with Crippen molar-refractivity contribution in [3.63, 3.8) is 0 Å². The summed E-state index contributed by atoms with van der Waals surface area (Å²) in [6.07, 6.45) is 0. The van der Waals surface area contributed by atoms with Crippen LogP contribution < -0.4 is 10.2 Å². The summed E-state index contributed by atoms with van der Waals surface area (Å²) < 4.78 is 44.5. The largest absolute Gasteiger partial charge is 0.350 e. The molecule has 1 unspecified atom stereocenters. The molecule has 6 rings (SSSR count). The Morgan fingerprint density at radius 1 is 0.933 bits per heavy atom.